The van der Waals surface area contributed by atoms with Gasteiger partial charge in [-0.3, -0.25) is 0 Å². The van der Waals surface area contributed by atoms with Gasteiger partial charge < -0.3 is 20.5 Å². The largest absolute Gasteiger partial charge is 0.493 e. The van der Waals surface area contributed by atoms with Crippen molar-refractivity contribution in [3.8, 4) is 11.5 Å². The molecule has 7 heteroatoms. The number of methoxy groups -OCH3 is 2. The number of aromatic nitrogens is 1. The number of hydrogen-bond donors (Lipinski definition) is 2. The summed E-state index contributed by atoms with van der Waals surface area (Å²) in [5, 5.41) is 4.08. The van der Waals surface area contributed by atoms with Gasteiger partial charge in [-0.05, 0) is 24.1 Å². The van der Waals surface area contributed by atoms with Crippen LogP contribution in [-0.2, 0) is 19.5 Å². The second kappa shape index (κ2) is 8.38. The van der Waals surface area contributed by atoms with Crippen molar-refractivity contribution in [2.24, 2.45) is 10.7 Å². The Morgan fingerprint density at radius 1 is 1.30 bits per heavy atom. The number of aliphatic imine (C=N–C) groups is 1. The van der Waals surface area contributed by atoms with E-state index in [0.29, 0.717) is 30.5 Å². The Labute approximate surface area is 140 Å². The highest BCUT2D eigenvalue weighted by atomic mass is 32.1. The quantitative estimate of drug-likeness (QED) is 0.600. The standard InChI is InChI=1S/C16H22N4O2S/c1-4-12-9-18-15(23-12)10-20-16(17)19-8-11-5-6-13(21-2)14(7-11)22-3/h5-7,9H,4,8,10H2,1-3H3,(H3,17,19,20). The van der Waals surface area contributed by atoms with Crippen molar-refractivity contribution in [2.75, 3.05) is 14.2 Å². The third-order valence-corrected chi connectivity index (χ3v) is 4.39. The first-order valence-electron chi connectivity index (χ1n) is 7.34. The van der Waals surface area contributed by atoms with Crippen LogP contribution in [0, 0.1) is 0 Å². The van der Waals surface area contributed by atoms with E-state index < -0.39 is 0 Å². The summed E-state index contributed by atoms with van der Waals surface area (Å²) in [7, 11) is 3.22. The first kappa shape index (κ1) is 17.1. The Morgan fingerprint density at radius 2 is 2.09 bits per heavy atom. The fourth-order valence-corrected chi connectivity index (χ4v) is 2.77. The first-order chi connectivity index (χ1) is 11.2. The summed E-state index contributed by atoms with van der Waals surface area (Å²) in [4.78, 5) is 9.93. The van der Waals surface area contributed by atoms with E-state index in [9.17, 15) is 0 Å². The van der Waals surface area contributed by atoms with Crippen LogP contribution < -0.4 is 20.5 Å². The van der Waals surface area contributed by atoms with Gasteiger partial charge in [-0.25, -0.2) is 9.98 Å². The van der Waals surface area contributed by atoms with Crippen LogP contribution in [0.15, 0.2) is 29.4 Å². The molecular formula is C16H22N4O2S. The zero-order chi connectivity index (χ0) is 16.7. The van der Waals surface area contributed by atoms with Gasteiger partial charge in [0.05, 0.1) is 27.3 Å². The summed E-state index contributed by atoms with van der Waals surface area (Å²) >= 11 is 1.68. The van der Waals surface area contributed by atoms with Crippen LogP contribution >= 0.6 is 11.3 Å². The van der Waals surface area contributed by atoms with Crippen molar-refractivity contribution in [2.45, 2.75) is 26.4 Å². The molecule has 0 atom stereocenters. The van der Waals surface area contributed by atoms with Gasteiger partial charge in [0.15, 0.2) is 17.5 Å². The van der Waals surface area contributed by atoms with E-state index >= 15 is 0 Å². The average Bonchev–Trinajstić information content (AvgIpc) is 3.05. The smallest absolute Gasteiger partial charge is 0.189 e. The van der Waals surface area contributed by atoms with Crippen molar-refractivity contribution in [3.05, 3.63) is 39.8 Å². The minimum Gasteiger partial charge on any atom is -0.493 e. The molecular weight excluding hydrogens is 312 g/mol. The molecule has 1 aromatic carbocycles. The highest BCUT2D eigenvalue weighted by molar-refractivity contribution is 7.11. The third kappa shape index (κ3) is 4.85. The first-order valence-corrected chi connectivity index (χ1v) is 8.16. The Kier molecular flexibility index (Phi) is 6.22. The fraction of sp³-hybridized carbons (Fsp3) is 0.375. The molecule has 0 aliphatic heterocycles. The molecule has 0 fully saturated rings. The maximum atomic E-state index is 5.90. The number of nitrogens with one attached hydrogen (secondary N) is 1. The number of aryl methyl sites for hydroxylation is 1. The predicted molar refractivity (Wildman–Crippen MR) is 93.2 cm³/mol. The fourth-order valence-electron chi connectivity index (χ4n) is 1.97. The zero-order valence-corrected chi connectivity index (χ0v) is 14.4. The number of hydrogen-bond acceptors (Lipinski definition) is 5. The normalized spacial score (nSPS) is 11.3. The zero-order valence-electron chi connectivity index (χ0n) is 13.6. The van der Waals surface area contributed by atoms with Crippen LogP contribution in [0.5, 0.6) is 11.5 Å². The molecule has 3 N–H and O–H groups in total. The maximum Gasteiger partial charge on any atom is 0.189 e. The minimum atomic E-state index is 0.396. The molecule has 0 aliphatic rings. The number of ether oxygens (including phenoxy) is 2. The van der Waals surface area contributed by atoms with Gasteiger partial charge in [0.1, 0.15) is 5.01 Å². The van der Waals surface area contributed by atoms with Crippen LogP contribution in [0.1, 0.15) is 22.4 Å². The molecule has 23 heavy (non-hydrogen) atoms. The van der Waals surface area contributed by atoms with Gasteiger partial charge in [0.25, 0.3) is 0 Å². The summed E-state index contributed by atoms with van der Waals surface area (Å²) in [5.74, 6) is 1.77. The molecule has 2 rings (SSSR count). The number of rotatable bonds is 7. The molecule has 2 aromatic rings. The van der Waals surface area contributed by atoms with Crippen molar-refractivity contribution in [3.63, 3.8) is 0 Å². The second-order valence-corrected chi connectivity index (χ2v) is 6.02. The molecule has 0 amide bonds. The molecule has 0 unspecified atom stereocenters. The van der Waals surface area contributed by atoms with Crippen molar-refractivity contribution in [1.29, 1.82) is 0 Å². The summed E-state index contributed by atoms with van der Waals surface area (Å²) < 4.78 is 10.5. The predicted octanol–water partition coefficient (Wildman–Crippen LogP) is 2.33. The Morgan fingerprint density at radius 3 is 2.74 bits per heavy atom. The molecule has 0 spiro atoms. The number of thiazole rings is 1. The minimum absolute atomic E-state index is 0.396. The van der Waals surface area contributed by atoms with Gasteiger partial charge in [0.2, 0.25) is 0 Å². The average molecular weight is 334 g/mol. The van der Waals surface area contributed by atoms with Crippen molar-refractivity contribution in [1.82, 2.24) is 10.3 Å². The summed E-state index contributed by atoms with van der Waals surface area (Å²) in [6, 6.07) is 5.69. The van der Waals surface area contributed by atoms with E-state index in [4.69, 9.17) is 15.2 Å². The van der Waals surface area contributed by atoms with Crippen molar-refractivity contribution >= 4 is 17.3 Å². The van der Waals surface area contributed by atoms with E-state index in [-0.39, 0.29) is 0 Å². The lowest BCUT2D eigenvalue weighted by atomic mass is 10.2. The topological polar surface area (TPSA) is 81.8 Å². The number of benzene rings is 1. The number of guanidine groups is 1. The van der Waals surface area contributed by atoms with E-state index in [1.165, 1.54) is 4.88 Å². The van der Waals surface area contributed by atoms with Gasteiger partial charge in [0, 0.05) is 11.1 Å². The summed E-state index contributed by atoms with van der Waals surface area (Å²) in [5.41, 5.74) is 6.89. The Bertz CT molecular complexity index is 670. The number of nitrogens with two attached hydrogens (primary N) is 1. The van der Waals surface area contributed by atoms with Crippen LogP contribution in [0.25, 0.3) is 0 Å². The monoisotopic (exact) mass is 334 g/mol. The molecule has 0 radical (unpaired) electrons. The second-order valence-electron chi connectivity index (χ2n) is 4.82. The Balaban J connectivity index is 1.91. The maximum absolute atomic E-state index is 5.90. The lowest BCUT2D eigenvalue weighted by molar-refractivity contribution is 0.354. The summed E-state index contributed by atoms with van der Waals surface area (Å²) in [6.07, 6.45) is 2.90. The molecule has 124 valence electrons. The molecule has 0 bridgehead atoms. The van der Waals surface area contributed by atoms with Gasteiger partial charge in [-0.1, -0.05) is 13.0 Å². The van der Waals surface area contributed by atoms with Crippen LogP contribution in [0.3, 0.4) is 0 Å². The molecule has 0 aliphatic carbocycles. The molecule has 1 heterocycles. The van der Waals surface area contributed by atoms with E-state index in [1.807, 2.05) is 24.4 Å². The van der Waals surface area contributed by atoms with E-state index in [0.717, 1.165) is 17.0 Å². The molecule has 0 saturated carbocycles. The molecule has 0 saturated heterocycles. The molecule has 6 nitrogen and oxygen atoms in total. The SMILES string of the molecule is CCc1cnc(CNC(N)=NCc2ccc(OC)c(OC)c2)s1. The lowest BCUT2D eigenvalue weighted by Gasteiger charge is -2.09. The molecule has 1 aromatic heterocycles. The highest BCUT2D eigenvalue weighted by Gasteiger charge is 2.04. The van der Waals surface area contributed by atoms with E-state index in [2.05, 4.69) is 22.2 Å². The highest BCUT2D eigenvalue weighted by Crippen LogP contribution is 2.27. The third-order valence-electron chi connectivity index (χ3n) is 3.25. The van der Waals surface area contributed by atoms with Crippen LogP contribution in [-0.4, -0.2) is 25.2 Å². The van der Waals surface area contributed by atoms with Gasteiger partial charge >= 0.3 is 0 Å². The lowest BCUT2D eigenvalue weighted by Crippen LogP contribution is -2.31. The van der Waals surface area contributed by atoms with Gasteiger partial charge in [-0.2, -0.15) is 0 Å². The van der Waals surface area contributed by atoms with E-state index in [1.54, 1.807) is 25.6 Å². The summed E-state index contributed by atoms with van der Waals surface area (Å²) in [6.45, 7) is 3.17. The number of nitrogens with zero attached hydrogens (tertiary/aromatic N) is 2. The van der Waals surface area contributed by atoms with Crippen LogP contribution in [0.4, 0.5) is 0 Å². The van der Waals surface area contributed by atoms with Crippen LogP contribution in [0.2, 0.25) is 0 Å². The van der Waals surface area contributed by atoms with Crippen molar-refractivity contribution < 1.29 is 9.47 Å². The Hall–Kier alpha value is -2.28. The van der Waals surface area contributed by atoms with Gasteiger partial charge in [-0.15, -0.1) is 11.3 Å².